The summed E-state index contributed by atoms with van der Waals surface area (Å²) in [7, 11) is -3.78. The van der Waals surface area contributed by atoms with Gasteiger partial charge in [0.15, 0.2) is 16.8 Å². The number of thioether (sulfide) groups is 1. The maximum absolute atomic E-state index is 14.0. The van der Waals surface area contributed by atoms with Gasteiger partial charge in [-0.05, 0) is 19.4 Å². The van der Waals surface area contributed by atoms with Crippen LogP contribution in [0.25, 0.3) is 0 Å². The molecular weight excluding hydrogens is 464 g/mol. The Hall–Kier alpha value is -2.51. The Bertz CT molecular complexity index is 1080. The summed E-state index contributed by atoms with van der Waals surface area (Å²) < 4.78 is 61.6. The molecule has 0 spiro atoms. The zero-order valence-corrected chi connectivity index (χ0v) is 19.1. The lowest BCUT2D eigenvalue weighted by molar-refractivity contribution is -0.119. The van der Waals surface area contributed by atoms with Crippen LogP contribution in [0.4, 0.5) is 14.6 Å². The average Bonchev–Trinajstić information content (AvgIpc) is 2.65. The number of carbonyl (C=O) groups excluding carboxylic acids is 1. The third-order valence-electron chi connectivity index (χ3n) is 4.42. The molecule has 13 heteroatoms. The van der Waals surface area contributed by atoms with Crippen molar-refractivity contribution in [1.29, 1.82) is 0 Å². The Morgan fingerprint density at radius 3 is 2.72 bits per heavy atom. The molecule has 32 heavy (non-hydrogen) atoms. The molecule has 0 bridgehead atoms. The second-order valence-corrected chi connectivity index (χ2v) is 9.71. The summed E-state index contributed by atoms with van der Waals surface area (Å²) in [4.78, 5) is 19.5. The Kier molecular flexibility index (Phi) is 7.85. The fourth-order valence-corrected chi connectivity index (χ4v) is 4.70. The van der Waals surface area contributed by atoms with E-state index in [-0.39, 0.29) is 40.6 Å². The molecule has 9 nitrogen and oxygen atoms in total. The monoisotopic (exact) mass is 487 g/mol. The van der Waals surface area contributed by atoms with E-state index < -0.39 is 27.9 Å². The van der Waals surface area contributed by atoms with Gasteiger partial charge < -0.3 is 10.1 Å². The minimum absolute atomic E-state index is 0.0177. The number of anilines is 1. The maximum Gasteiger partial charge on any atom is 0.302 e. The molecule has 174 valence electrons. The van der Waals surface area contributed by atoms with Crippen LogP contribution in [-0.2, 0) is 20.8 Å². The fourth-order valence-electron chi connectivity index (χ4n) is 2.64. The number of carbonyl (C=O) groups is 1. The molecule has 0 aliphatic carbocycles. The van der Waals surface area contributed by atoms with Gasteiger partial charge in [-0.1, -0.05) is 23.9 Å². The van der Waals surface area contributed by atoms with Crippen LogP contribution in [0.3, 0.4) is 0 Å². The molecule has 1 amide bonds. The number of ether oxygens (including phenoxy) is 1. The van der Waals surface area contributed by atoms with Crippen molar-refractivity contribution in [3.8, 4) is 5.88 Å². The van der Waals surface area contributed by atoms with Gasteiger partial charge in [-0.15, -0.1) is 0 Å². The zero-order valence-electron chi connectivity index (χ0n) is 17.5. The van der Waals surface area contributed by atoms with Crippen LogP contribution in [0.5, 0.6) is 5.88 Å². The lowest BCUT2D eigenvalue weighted by atomic mass is 10.2. The molecule has 3 rings (SSSR count). The highest BCUT2D eigenvalue weighted by Crippen LogP contribution is 2.27. The van der Waals surface area contributed by atoms with E-state index in [1.807, 2.05) is 0 Å². The summed E-state index contributed by atoms with van der Waals surface area (Å²) in [5.74, 6) is -2.07. The zero-order chi connectivity index (χ0) is 23.3. The molecule has 2 heterocycles. The van der Waals surface area contributed by atoms with Crippen molar-refractivity contribution in [2.24, 2.45) is 0 Å². The second kappa shape index (κ2) is 10.4. The Balaban J connectivity index is 1.80. The molecule has 1 aliphatic rings. The summed E-state index contributed by atoms with van der Waals surface area (Å²) >= 11 is 0.997. The predicted molar refractivity (Wildman–Crippen MR) is 115 cm³/mol. The van der Waals surface area contributed by atoms with Crippen molar-refractivity contribution < 1.29 is 26.7 Å². The van der Waals surface area contributed by atoms with Crippen LogP contribution < -0.4 is 14.8 Å². The van der Waals surface area contributed by atoms with Crippen molar-refractivity contribution in [3.05, 3.63) is 41.5 Å². The number of rotatable bonds is 10. The predicted octanol–water partition coefficient (Wildman–Crippen LogP) is 2.31. The Morgan fingerprint density at radius 2 is 2.06 bits per heavy atom. The topological polar surface area (TPSA) is 114 Å². The minimum atomic E-state index is -3.78. The lowest BCUT2D eigenvalue weighted by Crippen LogP contribution is -2.45. The van der Waals surface area contributed by atoms with E-state index in [0.29, 0.717) is 13.1 Å². The smallest absolute Gasteiger partial charge is 0.302 e. The van der Waals surface area contributed by atoms with Gasteiger partial charge in [-0.2, -0.15) is 17.7 Å². The van der Waals surface area contributed by atoms with Gasteiger partial charge in [0.2, 0.25) is 11.8 Å². The number of hydrogen-bond donors (Lipinski definition) is 2. The Morgan fingerprint density at radius 1 is 1.31 bits per heavy atom. The largest absolute Gasteiger partial charge is 0.473 e. The number of nitrogens with one attached hydrogen (secondary N) is 2. The molecule has 1 fully saturated rings. The van der Waals surface area contributed by atoms with Gasteiger partial charge in [-0.3, -0.25) is 9.52 Å². The van der Waals surface area contributed by atoms with Crippen molar-refractivity contribution in [3.63, 3.8) is 0 Å². The standard InChI is InChI=1S/C19H23F2N5O4S2/c1-12(10-22-13(2)27)30-17-9-16(25-32(28,29)26-7-4-8-26)23-19(24-17)31-11-14-5-3-6-15(20)18(14)21/h3,5-6,9,12H,4,7-8,10-11H2,1-2H3,(H,22,27)(H,23,24,25). The molecule has 1 atom stereocenters. The molecule has 1 aliphatic heterocycles. The van der Waals surface area contributed by atoms with E-state index in [0.717, 1.165) is 24.2 Å². The molecule has 1 aromatic heterocycles. The van der Waals surface area contributed by atoms with E-state index in [9.17, 15) is 22.0 Å². The molecule has 0 radical (unpaired) electrons. The first kappa shape index (κ1) is 24.1. The van der Waals surface area contributed by atoms with Gasteiger partial charge in [0, 0.05) is 37.4 Å². The number of benzene rings is 1. The van der Waals surface area contributed by atoms with Gasteiger partial charge >= 0.3 is 10.2 Å². The summed E-state index contributed by atoms with van der Waals surface area (Å²) in [6, 6.07) is 5.18. The summed E-state index contributed by atoms with van der Waals surface area (Å²) in [5.41, 5.74) is 0.117. The van der Waals surface area contributed by atoms with Crippen LogP contribution >= 0.6 is 11.8 Å². The van der Waals surface area contributed by atoms with E-state index in [1.54, 1.807) is 6.92 Å². The first-order chi connectivity index (χ1) is 15.1. The van der Waals surface area contributed by atoms with Crippen molar-refractivity contribution in [2.75, 3.05) is 24.4 Å². The van der Waals surface area contributed by atoms with Crippen LogP contribution in [0.2, 0.25) is 0 Å². The second-order valence-electron chi connectivity index (χ2n) is 7.10. The van der Waals surface area contributed by atoms with Crippen LogP contribution in [0.15, 0.2) is 29.4 Å². The highest BCUT2D eigenvalue weighted by molar-refractivity contribution is 7.98. The number of halogens is 2. The summed E-state index contributed by atoms with van der Waals surface area (Å²) in [6.45, 7) is 4.12. The normalized spacial score (nSPS) is 15.0. The SMILES string of the molecule is CC(=O)NCC(C)Oc1cc(NS(=O)(=O)N2CCC2)nc(SCc2cccc(F)c2F)n1. The molecule has 2 N–H and O–H groups in total. The van der Waals surface area contributed by atoms with Crippen molar-refractivity contribution in [2.45, 2.75) is 37.3 Å². The molecule has 1 aromatic carbocycles. The fraction of sp³-hybridized carbons (Fsp3) is 0.421. The van der Waals surface area contributed by atoms with Gasteiger partial charge in [0.1, 0.15) is 11.9 Å². The lowest BCUT2D eigenvalue weighted by Gasteiger charge is -2.29. The summed E-state index contributed by atoms with van der Waals surface area (Å²) in [5, 5.41) is 2.72. The highest BCUT2D eigenvalue weighted by atomic mass is 32.2. The Labute approximate surface area is 189 Å². The first-order valence-corrected chi connectivity index (χ1v) is 12.2. The number of nitrogens with zero attached hydrogens (tertiary/aromatic N) is 3. The molecule has 1 saturated heterocycles. The third-order valence-corrected chi connectivity index (χ3v) is 6.83. The van der Waals surface area contributed by atoms with Crippen LogP contribution in [0.1, 0.15) is 25.8 Å². The summed E-state index contributed by atoms with van der Waals surface area (Å²) in [6.07, 6.45) is 0.312. The maximum atomic E-state index is 14.0. The van der Waals surface area contributed by atoms with Crippen LogP contribution in [-0.4, -0.2) is 54.3 Å². The molecular formula is C19H23F2N5O4S2. The van der Waals surface area contributed by atoms with E-state index in [2.05, 4.69) is 20.0 Å². The van der Waals surface area contributed by atoms with Crippen molar-refractivity contribution in [1.82, 2.24) is 19.6 Å². The van der Waals surface area contributed by atoms with Crippen molar-refractivity contribution >= 4 is 33.7 Å². The van der Waals surface area contributed by atoms with E-state index in [4.69, 9.17) is 4.74 Å². The first-order valence-electron chi connectivity index (χ1n) is 9.78. The van der Waals surface area contributed by atoms with Gasteiger partial charge in [-0.25, -0.2) is 13.8 Å². The quantitative estimate of drug-likeness (QED) is 0.391. The number of amides is 1. The van der Waals surface area contributed by atoms with E-state index >= 15 is 0 Å². The van der Waals surface area contributed by atoms with Gasteiger partial charge in [0.05, 0.1) is 6.54 Å². The van der Waals surface area contributed by atoms with Gasteiger partial charge in [0.25, 0.3) is 0 Å². The van der Waals surface area contributed by atoms with Crippen LogP contribution in [0, 0.1) is 11.6 Å². The van der Waals surface area contributed by atoms with E-state index in [1.165, 1.54) is 29.4 Å². The minimum Gasteiger partial charge on any atom is -0.473 e. The number of hydrogen-bond acceptors (Lipinski definition) is 7. The average molecular weight is 488 g/mol. The highest BCUT2D eigenvalue weighted by Gasteiger charge is 2.28. The molecule has 1 unspecified atom stereocenters. The molecule has 2 aromatic rings. The number of aromatic nitrogens is 2. The molecule has 0 saturated carbocycles. The third kappa shape index (κ3) is 6.50.